The summed E-state index contributed by atoms with van der Waals surface area (Å²) in [4.78, 5) is 4.45. The predicted octanol–water partition coefficient (Wildman–Crippen LogP) is 2.43. The van der Waals surface area contributed by atoms with Crippen molar-refractivity contribution in [1.82, 2.24) is 9.55 Å². The molecule has 1 aliphatic heterocycles. The third-order valence-corrected chi connectivity index (χ3v) is 3.32. The predicted molar refractivity (Wildman–Crippen MR) is 58.1 cm³/mol. The fraction of sp³-hybridized carbons (Fsp3) is 0.700. The van der Waals surface area contributed by atoms with Crippen LogP contribution in [0.2, 0.25) is 0 Å². The first-order valence-electron chi connectivity index (χ1n) is 5.17. The molecule has 0 radical (unpaired) electrons. The van der Waals surface area contributed by atoms with E-state index in [0.717, 1.165) is 48.2 Å². The van der Waals surface area contributed by atoms with Gasteiger partial charge in [-0.2, -0.15) is 0 Å². The van der Waals surface area contributed by atoms with Crippen LogP contribution in [0.5, 0.6) is 0 Å². The molecule has 1 unspecified atom stereocenters. The highest BCUT2D eigenvalue weighted by Gasteiger charge is 2.23. The largest absolute Gasteiger partial charge is 0.373 e. The number of aromatic nitrogens is 2. The van der Waals surface area contributed by atoms with Gasteiger partial charge in [0.1, 0.15) is 16.7 Å². The highest BCUT2D eigenvalue weighted by Crippen LogP contribution is 2.30. The minimum absolute atomic E-state index is 0.362. The van der Waals surface area contributed by atoms with E-state index in [2.05, 4.69) is 27.8 Å². The van der Waals surface area contributed by atoms with E-state index in [-0.39, 0.29) is 6.23 Å². The summed E-state index contributed by atoms with van der Waals surface area (Å²) in [7, 11) is 0. The topological polar surface area (TPSA) is 38.0 Å². The van der Waals surface area contributed by atoms with E-state index in [0.29, 0.717) is 0 Å². The van der Waals surface area contributed by atoms with Crippen molar-refractivity contribution in [2.24, 2.45) is 0 Å². The van der Waals surface area contributed by atoms with Crippen LogP contribution in [-0.4, -0.2) is 14.7 Å². The van der Waals surface area contributed by atoms with Gasteiger partial charge < -0.3 is 9.67 Å². The molecule has 78 valence electrons. The Bertz CT molecular complexity index is 335. The lowest BCUT2D eigenvalue weighted by Crippen LogP contribution is -2.19. The number of nitrogens with zero attached hydrogens (tertiary/aromatic N) is 2. The maximum absolute atomic E-state index is 9.88. The van der Waals surface area contributed by atoms with Gasteiger partial charge in [0, 0.05) is 6.42 Å². The number of halogens is 1. The van der Waals surface area contributed by atoms with E-state index >= 15 is 0 Å². The first-order chi connectivity index (χ1) is 6.74. The molecule has 0 saturated heterocycles. The lowest BCUT2D eigenvalue weighted by molar-refractivity contribution is 0.0756. The van der Waals surface area contributed by atoms with Gasteiger partial charge in [-0.25, -0.2) is 4.98 Å². The highest BCUT2D eigenvalue weighted by atomic mass is 79.9. The Morgan fingerprint density at radius 1 is 1.64 bits per heavy atom. The van der Waals surface area contributed by atoms with Crippen molar-refractivity contribution in [3.8, 4) is 0 Å². The van der Waals surface area contributed by atoms with Crippen LogP contribution in [0.15, 0.2) is 4.60 Å². The van der Waals surface area contributed by atoms with Crippen molar-refractivity contribution < 1.29 is 5.11 Å². The standard InChI is InChI=1S/C10H15BrN2O/c1-2-4-8-12-10(11)7-5-3-6-9(14)13(7)8/h9,14H,2-6H2,1H3. The van der Waals surface area contributed by atoms with E-state index in [1.54, 1.807) is 0 Å². The Hall–Kier alpha value is -0.350. The summed E-state index contributed by atoms with van der Waals surface area (Å²) in [6, 6.07) is 0. The summed E-state index contributed by atoms with van der Waals surface area (Å²) < 4.78 is 2.91. The molecule has 1 aromatic rings. The van der Waals surface area contributed by atoms with Gasteiger partial charge in [0.2, 0.25) is 0 Å². The van der Waals surface area contributed by atoms with Crippen LogP contribution in [0.4, 0.5) is 0 Å². The molecular weight excluding hydrogens is 244 g/mol. The van der Waals surface area contributed by atoms with Gasteiger partial charge >= 0.3 is 0 Å². The molecule has 1 atom stereocenters. The molecule has 14 heavy (non-hydrogen) atoms. The van der Waals surface area contributed by atoms with Gasteiger partial charge in [-0.1, -0.05) is 6.92 Å². The molecule has 0 aliphatic carbocycles. The Balaban J connectivity index is 2.42. The van der Waals surface area contributed by atoms with Crippen LogP contribution in [0.3, 0.4) is 0 Å². The first-order valence-corrected chi connectivity index (χ1v) is 5.97. The normalized spacial score (nSPS) is 20.9. The first kappa shape index (κ1) is 10.2. The monoisotopic (exact) mass is 258 g/mol. The van der Waals surface area contributed by atoms with Gasteiger partial charge in [0.25, 0.3) is 0 Å². The zero-order valence-electron chi connectivity index (χ0n) is 8.33. The zero-order chi connectivity index (χ0) is 10.1. The lowest BCUT2D eigenvalue weighted by Gasteiger charge is -2.22. The van der Waals surface area contributed by atoms with Crippen molar-refractivity contribution in [1.29, 1.82) is 0 Å². The second-order valence-corrected chi connectivity index (χ2v) is 4.51. The quantitative estimate of drug-likeness (QED) is 0.885. The molecular formula is C10H15BrN2O. The number of fused-ring (bicyclic) bond motifs is 1. The number of aliphatic hydroxyl groups is 1. The van der Waals surface area contributed by atoms with Crippen LogP contribution in [-0.2, 0) is 12.8 Å². The lowest BCUT2D eigenvalue weighted by atomic mass is 10.1. The molecule has 4 heteroatoms. The van der Waals surface area contributed by atoms with Gasteiger partial charge in [0.05, 0.1) is 5.69 Å². The molecule has 1 aliphatic rings. The fourth-order valence-electron chi connectivity index (χ4n) is 2.04. The maximum atomic E-state index is 9.88. The number of hydrogen-bond acceptors (Lipinski definition) is 2. The van der Waals surface area contributed by atoms with Crippen molar-refractivity contribution in [3.05, 3.63) is 16.1 Å². The van der Waals surface area contributed by atoms with Crippen LogP contribution in [0, 0.1) is 0 Å². The van der Waals surface area contributed by atoms with Crippen LogP contribution >= 0.6 is 15.9 Å². The summed E-state index contributed by atoms with van der Waals surface area (Å²) in [5.74, 6) is 1.02. The molecule has 0 spiro atoms. The minimum Gasteiger partial charge on any atom is -0.373 e. The van der Waals surface area contributed by atoms with Crippen molar-refractivity contribution in [2.45, 2.75) is 45.3 Å². The van der Waals surface area contributed by atoms with E-state index in [1.807, 2.05) is 4.57 Å². The van der Waals surface area contributed by atoms with Gasteiger partial charge in [-0.05, 0) is 41.6 Å². The second-order valence-electron chi connectivity index (χ2n) is 3.76. The minimum atomic E-state index is -0.362. The Labute approximate surface area is 92.3 Å². The number of hydrogen-bond donors (Lipinski definition) is 1. The molecule has 0 fully saturated rings. The Kier molecular flexibility index (Phi) is 2.93. The average molecular weight is 259 g/mol. The number of aryl methyl sites for hydroxylation is 1. The maximum Gasteiger partial charge on any atom is 0.132 e. The van der Waals surface area contributed by atoms with Gasteiger partial charge in [-0.15, -0.1) is 0 Å². The van der Waals surface area contributed by atoms with Crippen LogP contribution in [0.1, 0.15) is 43.9 Å². The van der Waals surface area contributed by atoms with Crippen LogP contribution in [0.25, 0.3) is 0 Å². The second kappa shape index (κ2) is 4.03. The smallest absolute Gasteiger partial charge is 0.132 e. The molecule has 2 rings (SSSR count). The molecule has 2 heterocycles. The third-order valence-electron chi connectivity index (χ3n) is 2.68. The molecule has 0 aromatic carbocycles. The molecule has 1 N–H and O–H groups in total. The summed E-state index contributed by atoms with van der Waals surface area (Å²) in [5.41, 5.74) is 1.16. The zero-order valence-corrected chi connectivity index (χ0v) is 9.92. The highest BCUT2D eigenvalue weighted by molar-refractivity contribution is 9.10. The molecule has 0 bridgehead atoms. The van der Waals surface area contributed by atoms with Crippen molar-refractivity contribution in [2.75, 3.05) is 0 Å². The van der Waals surface area contributed by atoms with Crippen LogP contribution < -0.4 is 0 Å². The molecule has 0 saturated carbocycles. The van der Waals surface area contributed by atoms with Gasteiger partial charge in [-0.3, -0.25) is 0 Å². The Morgan fingerprint density at radius 2 is 2.43 bits per heavy atom. The van der Waals surface area contributed by atoms with E-state index in [4.69, 9.17) is 0 Å². The van der Waals surface area contributed by atoms with E-state index < -0.39 is 0 Å². The average Bonchev–Trinajstić information content (AvgIpc) is 2.46. The number of aliphatic hydroxyl groups excluding tert-OH is 1. The molecule has 3 nitrogen and oxygen atoms in total. The fourth-order valence-corrected chi connectivity index (χ4v) is 2.64. The summed E-state index contributed by atoms with van der Waals surface area (Å²) >= 11 is 3.46. The summed E-state index contributed by atoms with van der Waals surface area (Å²) in [6.45, 7) is 2.13. The summed E-state index contributed by atoms with van der Waals surface area (Å²) in [5, 5.41) is 9.88. The van der Waals surface area contributed by atoms with E-state index in [1.165, 1.54) is 0 Å². The molecule has 0 amide bonds. The van der Waals surface area contributed by atoms with E-state index in [9.17, 15) is 5.11 Å². The third kappa shape index (κ3) is 1.61. The number of rotatable bonds is 2. The SMILES string of the molecule is CCCc1nc(Br)c2n1C(O)CCC2. The number of imidazole rings is 1. The van der Waals surface area contributed by atoms with Gasteiger partial charge in [0.15, 0.2) is 0 Å². The summed E-state index contributed by atoms with van der Waals surface area (Å²) in [6.07, 6.45) is 4.57. The van der Waals surface area contributed by atoms with Crippen molar-refractivity contribution >= 4 is 15.9 Å². The molecule has 1 aromatic heterocycles. The Morgan fingerprint density at radius 3 is 3.14 bits per heavy atom. The van der Waals surface area contributed by atoms with Crippen molar-refractivity contribution in [3.63, 3.8) is 0 Å².